The highest BCUT2D eigenvalue weighted by atomic mass is 19.1. The molecule has 138 valence electrons. The van der Waals surface area contributed by atoms with Crippen molar-refractivity contribution in [2.75, 3.05) is 19.7 Å². The van der Waals surface area contributed by atoms with Crippen molar-refractivity contribution in [3.05, 3.63) is 71.5 Å². The Balaban J connectivity index is 1.60. The monoisotopic (exact) mass is 356 g/mol. The molecule has 3 unspecified atom stereocenters. The fourth-order valence-electron chi connectivity index (χ4n) is 3.22. The lowest BCUT2D eigenvalue weighted by Gasteiger charge is -2.36. The topological polar surface area (TPSA) is 41.6 Å². The van der Waals surface area contributed by atoms with Gasteiger partial charge in [-0.1, -0.05) is 42.5 Å². The summed E-state index contributed by atoms with van der Waals surface area (Å²) in [6, 6.07) is 16.0. The molecule has 1 fully saturated rings. The van der Waals surface area contributed by atoms with Gasteiger partial charge in [0, 0.05) is 13.1 Å². The highest BCUT2D eigenvalue weighted by Crippen LogP contribution is 2.24. The number of hydrogen-bond donors (Lipinski definition) is 1. The van der Waals surface area contributed by atoms with E-state index in [9.17, 15) is 9.18 Å². The highest BCUT2D eigenvalue weighted by Gasteiger charge is 2.29. The molecule has 0 saturated carbocycles. The molecule has 0 aliphatic carbocycles. The molecule has 3 rings (SSSR count). The number of carbonyl (C=O) groups excluding carboxylic acids is 1. The first kappa shape index (κ1) is 18.5. The lowest BCUT2D eigenvalue weighted by Crippen LogP contribution is -2.50. The van der Waals surface area contributed by atoms with Crippen LogP contribution in [0.2, 0.25) is 0 Å². The second-order valence-corrected chi connectivity index (χ2v) is 6.72. The molecule has 26 heavy (non-hydrogen) atoms. The predicted octanol–water partition coefficient (Wildman–Crippen LogP) is 3.46. The molecule has 2 aromatic rings. The molecule has 4 nitrogen and oxygen atoms in total. The first-order chi connectivity index (χ1) is 12.5. The molecule has 1 aliphatic rings. The first-order valence-electron chi connectivity index (χ1n) is 9.01. The van der Waals surface area contributed by atoms with Gasteiger partial charge >= 0.3 is 0 Å². The van der Waals surface area contributed by atoms with Crippen LogP contribution in [-0.4, -0.2) is 36.5 Å². The number of morpholine rings is 1. The maximum absolute atomic E-state index is 13.1. The van der Waals surface area contributed by atoms with Crippen molar-refractivity contribution in [1.29, 1.82) is 0 Å². The number of nitrogens with one attached hydrogen (secondary N) is 1. The van der Waals surface area contributed by atoms with Crippen molar-refractivity contribution in [2.24, 2.45) is 0 Å². The number of nitrogens with zero attached hydrogens (tertiary/aromatic N) is 1. The van der Waals surface area contributed by atoms with E-state index in [1.807, 2.05) is 44.2 Å². The smallest absolute Gasteiger partial charge is 0.237 e. The third-order valence-electron chi connectivity index (χ3n) is 4.93. The van der Waals surface area contributed by atoms with Gasteiger partial charge in [-0.25, -0.2) is 4.39 Å². The minimum atomic E-state index is -0.260. The van der Waals surface area contributed by atoms with E-state index in [4.69, 9.17) is 4.74 Å². The second-order valence-electron chi connectivity index (χ2n) is 6.72. The Labute approximate surface area is 154 Å². The molecule has 0 radical (unpaired) electrons. The molecular formula is C21H25FN2O2. The molecule has 1 saturated heterocycles. The average molecular weight is 356 g/mol. The van der Waals surface area contributed by atoms with Crippen molar-refractivity contribution in [3.63, 3.8) is 0 Å². The summed E-state index contributed by atoms with van der Waals surface area (Å²) >= 11 is 0. The average Bonchev–Trinajstić information content (AvgIpc) is 2.68. The summed E-state index contributed by atoms with van der Waals surface area (Å²) in [5, 5.41) is 3.08. The summed E-state index contributed by atoms with van der Waals surface area (Å²) in [5.41, 5.74) is 2.01. The predicted molar refractivity (Wildman–Crippen MR) is 99.1 cm³/mol. The highest BCUT2D eigenvalue weighted by molar-refractivity contribution is 5.81. The van der Waals surface area contributed by atoms with E-state index in [1.165, 1.54) is 12.1 Å². The Hall–Kier alpha value is -2.24. The van der Waals surface area contributed by atoms with Crippen molar-refractivity contribution in [3.8, 4) is 0 Å². The van der Waals surface area contributed by atoms with Crippen LogP contribution in [0.4, 0.5) is 4.39 Å². The largest absolute Gasteiger partial charge is 0.371 e. The molecule has 1 N–H and O–H groups in total. The zero-order valence-electron chi connectivity index (χ0n) is 15.2. The number of rotatable bonds is 5. The quantitative estimate of drug-likeness (QED) is 0.892. The van der Waals surface area contributed by atoms with Crippen molar-refractivity contribution < 1.29 is 13.9 Å². The maximum Gasteiger partial charge on any atom is 0.237 e. The summed E-state index contributed by atoms with van der Waals surface area (Å²) in [4.78, 5) is 14.8. The molecular weight excluding hydrogens is 331 g/mol. The van der Waals surface area contributed by atoms with Gasteiger partial charge in [0.05, 0.1) is 24.8 Å². The summed E-state index contributed by atoms with van der Waals surface area (Å²) in [7, 11) is 0. The number of benzene rings is 2. The standard InChI is InChI=1S/C21H25FN2O2/c1-15(17-6-4-3-5-7-17)23-21(25)16(2)24-12-13-26-20(14-24)18-8-10-19(22)11-9-18/h3-11,15-16,20H,12-14H2,1-2H3,(H,23,25). The van der Waals surface area contributed by atoms with Crippen LogP contribution in [-0.2, 0) is 9.53 Å². The fraction of sp³-hybridized carbons (Fsp3) is 0.381. The summed E-state index contributed by atoms with van der Waals surface area (Å²) in [5.74, 6) is -0.259. The van der Waals surface area contributed by atoms with Crippen LogP contribution < -0.4 is 5.32 Å². The molecule has 5 heteroatoms. The van der Waals surface area contributed by atoms with Crippen LogP contribution in [0.1, 0.15) is 37.1 Å². The van der Waals surface area contributed by atoms with Crippen LogP contribution in [0.25, 0.3) is 0 Å². The van der Waals surface area contributed by atoms with Crippen LogP contribution in [0.15, 0.2) is 54.6 Å². The van der Waals surface area contributed by atoms with Crippen LogP contribution in [0, 0.1) is 5.82 Å². The van der Waals surface area contributed by atoms with Crippen molar-refractivity contribution in [1.82, 2.24) is 10.2 Å². The number of halogens is 1. The molecule has 1 amide bonds. The van der Waals surface area contributed by atoms with Gasteiger partial charge in [-0.15, -0.1) is 0 Å². The summed E-state index contributed by atoms with van der Waals surface area (Å²) in [6.45, 7) is 5.76. The van der Waals surface area contributed by atoms with Gasteiger partial charge < -0.3 is 10.1 Å². The van der Waals surface area contributed by atoms with E-state index < -0.39 is 0 Å². The van der Waals surface area contributed by atoms with Gasteiger partial charge in [0.15, 0.2) is 0 Å². The first-order valence-corrected chi connectivity index (χ1v) is 9.01. The number of carbonyl (C=O) groups is 1. The van der Waals surface area contributed by atoms with E-state index in [0.29, 0.717) is 19.7 Å². The Kier molecular flexibility index (Phi) is 6.01. The van der Waals surface area contributed by atoms with Gasteiger partial charge in [0.25, 0.3) is 0 Å². The lowest BCUT2D eigenvalue weighted by molar-refractivity contribution is -0.130. The minimum Gasteiger partial charge on any atom is -0.371 e. The molecule has 1 aliphatic heterocycles. The van der Waals surface area contributed by atoms with Crippen molar-refractivity contribution in [2.45, 2.75) is 32.0 Å². The van der Waals surface area contributed by atoms with Gasteiger partial charge in [0.2, 0.25) is 5.91 Å². The molecule has 0 aromatic heterocycles. The Morgan fingerprint density at radius 3 is 2.54 bits per heavy atom. The van der Waals surface area contributed by atoms with Gasteiger partial charge in [0.1, 0.15) is 5.82 Å². The fourth-order valence-corrected chi connectivity index (χ4v) is 3.22. The van der Waals surface area contributed by atoms with Gasteiger partial charge in [-0.05, 0) is 37.1 Å². The molecule has 3 atom stereocenters. The van der Waals surface area contributed by atoms with Crippen molar-refractivity contribution >= 4 is 5.91 Å². The Morgan fingerprint density at radius 1 is 1.15 bits per heavy atom. The zero-order valence-corrected chi connectivity index (χ0v) is 15.2. The normalized spacial score (nSPS) is 20.3. The zero-order chi connectivity index (χ0) is 18.5. The molecule has 0 bridgehead atoms. The summed E-state index contributed by atoms with van der Waals surface area (Å²) in [6.07, 6.45) is -0.147. The van der Waals surface area contributed by atoms with Crippen LogP contribution in [0.3, 0.4) is 0 Å². The molecule has 1 heterocycles. The third kappa shape index (κ3) is 4.48. The Bertz CT molecular complexity index is 721. The molecule has 2 aromatic carbocycles. The van der Waals surface area contributed by atoms with E-state index in [2.05, 4.69) is 10.2 Å². The van der Waals surface area contributed by atoms with E-state index in [1.54, 1.807) is 12.1 Å². The van der Waals surface area contributed by atoms with Gasteiger partial charge in [-0.3, -0.25) is 9.69 Å². The molecule has 0 spiro atoms. The Morgan fingerprint density at radius 2 is 1.85 bits per heavy atom. The lowest BCUT2D eigenvalue weighted by atomic mass is 10.1. The van der Waals surface area contributed by atoms with Crippen LogP contribution >= 0.6 is 0 Å². The van der Waals surface area contributed by atoms with E-state index in [0.717, 1.165) is 11.1 Å². The second kappa shape index (κ2) is 8.43. The number of amides is 1. The maximum atomic E-state index is 13.1. The van der Waals surface area contributed by atoms with Crippen LogP contribution in [0.5, 0.6) is 0 Å². The SMILES string of the molecule is CC(NC(=O)C(C)N1CCOC(c2ccc(F)cc2)C1)c1ccccc1. The van der Waals surface area contributed by atoms with E-state index in [-0.39, 0.29) is 29.9 Å². The number of ether oxygens (including phenoxy) is 1. The van der Waals surface area contributed by atoms with E-state index >= 15 is 0 Å². The summed E-state index contributed by atoms with van der Waals surface area (Å²) < 4.78 is 18.9. The number of hydrogen-bond acceptors (Lipinski definition) is 3. The third-order valence-corrected chi connectivity index (χ3v) is 4.93. The van der Waals surface area contributed by atoms with Gasteiger partial charge in [-0.2, -0.15) is 0 Å². The minimum absolute atomic E-state index is 0.00103.